The summed E-state index contributed by atoms with van der Waals surface area (Å²) in [6, 6.07) is 10.3. The van der Waals surface area contributed by atoms with E-state index < -0.39 is 11.8 Å². The predicted molar refractivity (Wildman–Crippen MR) is 79.3 cm³/mol. The molecule has 4 saturated carbocycles. The Morgan fingerprint density at radius 3 is 2.55 bits per heavy atom. The number of hydrogen-bond donors (Lipinski definition) is 1. The molecule has 118 valence electrons. The molecule has 5 atom stereocenters. The zero-order valence-corrected chi connectivity index (χ0v) is 12.5. The summed E-state index contributed by atoms with van der Waals surface area (Å²) in [5.74, 6) is 0.563. The Labute approximate surface area is 129 Å². The average molecular weight is 305 g/mol. The summed E-state index contributed by atoms with van der Waals surface area (Å²) in [4.78, 5) is 12.1. The van der Waals surface area contributed by atoms with Crippen LogP contribution in [0.5, 0.6) is 0 Å². The van der Waals surface area contributed by atoms with Crippen LogP contribution in [0.15, 0.2) is 30.3 Å². The van der Waals surface area contributed by atoms with Crippen LogP contribution in [0.2, 0.25) is 0 Å². The number of benzene rings is 1. The van der Waals surface area contributed by atoms with E-state index in [-0.39, 0.29) is 29.6 Å². The van der Waals surface area contributed by atoms with E-state index in [2.05, 4.69) is 12.1 Å². The largest absolute Gasteiger partial charge is 0.369 e. The van der Waals surface area contributed by atoms with Crippen molar-refractivity contribution in [1.82, 2.24) is 0 Å². The van der Waals surface area contributed by atoms with Crippen LogP contribution in [0.3, 0.4) is 0 Å². The summed E-state index contributed by atoms with van der Waals surface area (Å²) >= 11 is 0. The van der Waals surface area contributed by atoms with Crippen LogP contribution in [0, 0.1) is 23.2 Å². The molecule has 4 aliphatic rings. The van der Waals surface area contributed by atoms with Gasteiger partial charge in [-0.2, -0.15) is 0 Å². The molecule has 0 saturated heterocycles. The van der Waals surface area contributed by atoms with Crippen molar-refractivity contribution in [3.8, 4) is 0 Å². The second-order valence-corrected chi connectivity index (χ2v) is 7.47. The molecule has 0 aromatic heterocycles. The lowest BCUT2D eigenvalue weighted by atomic mass is 9.70. The van der Waals surface area contributed by atoms with Gasteiger partial charge >= 0.3 is 0 Å². The lowest BCUT2D eigenvalue weighted by Crippen LogP contribution is -2.38. The van der Waals surface area contributed by atoms with Crippen LogP contribution in [-0.2, 0) is 10.2 Å². The third kappa shape index (κ3) is 1.61. The van der Waals surface area contributed by atoms with Gasteiger partial charge in [-0.15, -0.1) is 0 Å². The maximum atomic E-state index is 12.7. The van der Waals surface area contributed by atoms with E-state index in [1.165, 1.54) is 5.56 Å². The Morgan fingerprint density at radius 1 is 1.23 bits per heavy atom. The fraction of sp³-hybridized carbons (Fsp3) is 0.611. The van der Waals surface area contributed by atoms with E-state index in [1.807, 2.05) is 18.2 Å². The van der Waals surface area contributed by atoms with Crippen LogP contribution in [0.1, 0.15) is 37.7 Å². The number of carbonyl (C=O) groups is 1. The molecule has 1 aromatic rings. The van der Waals surface area contributed by atoms with Gasteiger partial charge in [-0.05, 0) is 54.4 Å². The molecule has 0 spiro atoms. The molecule has 4 aliphatic carbocycles. The lowest BCUT2D eigenvalue weighted by Gasteiger charge is -2.33. The highest BCUT2D eigenvalue weighted by atomic mass is 19.3. The van der Waals surface area contributed by atoms with Crippen molar-refractivity contribution in [1.29, 1.82) is 0 Å². The Balaban J connectivity index is 1.71. The zero-order chi connectivity index (χ0) is 15.5. The Morgan fingerprint density at radius 2 is 1.95 bits per heavy atom. The normalized spacial score (nSPS) is 41.7. The monoisotopic (exact) mass is 305 g/mol. The van der Waals surface area contributed by atoms with Crippen molar-refractivity contribution in [2.45, 2.75) is 43.9 Å². The number of rotatable bonds is 5. The molecule has 4 fully saturated rings. The second-order valence-electron chi connectivity index (χ2n) is 7.47. The van der Waals surface area contributed by atoms with Crippen molar-refractivity contribution < 1.29 is 13.6 Å². The van der Waals surface area contributed by atoms with E-state index in [1.54, 1.807) is 0 Å². The zero-order valence-electron chi connectivity index (χ0n) is 12.5. The highest BCUT2D eigenvalue weighted by Gasteiger charge is 2.76. The van der Waals surface area contributed by atoms with Crippen LogP contribution in [-0.4, -0.2) is 12.3 Å². The van der Waals surface area contributed by atoms with Gasteiger partial charge in [0.15, 0.2) is 0 Å². The van der Waals surface area contributed by atoms with Crippen molar-refractivity contribution in [3.05, 3.63) is 35.9 Å². The molecule has 0 heterocycles. The Hall–Kier alpha value is -1.45. The minimum absolute atomic E-state index is 0.00620. The third-order valence-corrected chi connectivity index (χ3v) is 6.81. The first kappa shape index (κ1) is 14.2. The van der Waals surface area contributed by atoms with Gasteiger partial charge in [0.25, 0.3) is 0 Å². The van der Waals surface area contributed by atoms with Crippen molar-refractivity contribution in [3.63, 3.8) is 0 Å². The summed E-state index contributed by atoms with van der Waals surface area (Å²) in [6.07, 6.45) is 0.774. The van der Waals surface area contributed by atoms with Gasteiger partial charge in [-0.25, -0.2) is 8.78 Å². The number of primary amides is 1. The minimum Gasteiger partial charge on any atom is -0.369 e. The fourth-order valence-corrected chi connectivity index (χ4v) is 6.15. The molecule has 22 heavy (non-hydrogen) atoms. The molecule has 2 N–H and O–H groups in total. The lowest BCUT2D eigenvalue weighted by molar-refractivity contribution is -0.129. The molecular formula is C18H21F2NO. The quantitative estimate of drug-likeness (QED) is 0.889. The summed E-state index contributed by atoms with van der Waals surface area (Å²) < 4.78 is 25.3. The van der Waals surface area contributed by atoms with Crippen molar-refractivity contribution >= 4 is 5.91 Å². The molecule has 4 heteroatoms. The van der Waals surface area contributed by atoms with Crippen LogP contribution in [0.4, 0.5) is 8.78 Å². The predicted octanol–water partition coefficient (Wildman–Crippen LogP) is 3.50. The second kappa shape index (κ2) is 4.53. The molecule has 1 aromatic carbocycles. The minimum atomic E-state index is -2.26. The van der Waals surface area contributed by atoms with E-state index in [0.29, 0.717) is 12.3 Å². The van der Waals surface area contributed by atoms with Gasteiger partial charge in [0.2, 0.25) is 12.3 Å². The van der Waals surface area contributed by atoms with E-state index in [4.69, 9.17) is 5.73 Å². The van der Waals surface area contributed by atoms with Crippen LogP contribution >= 0.6 is 0 Å². The summed E-state index contributed by atoms with van der Waals surface area (Å²) in [7, 11) is 0. The number of hydrogen-bond acceptors (Lipinski definition) is 1. The number of halogens is 2. The topological polar surface area (TPSA) is 43.1 Å². The van der Waals surface area contributed by atoms with Crippen molar-refractivity contribution in [2.75, 3.05) is 0 Å². The Bertz CT molecular complexity index is 604. The van der Waals surface area contributed by atoms with Gasteiger partial charge in [-0.1, -0.05) is 30.3 Å². The maximum absolute atomic E-state index is 12.7. The van der Waals surface area contributed by atoms with Gasteiger partial charge in [0, 0.05) is 6.42 Å². The van der Waals surface area contributed by atoms with Gasteiger partial charge < -0.3 is 5.73 Å². The first-order valence-corrected chi connectivity index (χ1v) is 8.13. The fourth-order valence-electron chi connectivity index (χ4n) is 6.15. The molecule has 1 amide bonds. The van der Waals surface area contributed by atoms with Crippen molar-refractivity contribution in [2.24, 2.45) is 28.9 Å². The summed E-state index contributed by atoms with van der Waals surface area (Å²) in [6.45, 7) is 0. The molecule has 5 unspecified atom stereocenters. The molecule has 2 nitrogen and oxygen atoms in total. The number of nitrogens with two attached hydrogens (primary N) is 1. The highest BCUT2D eigenvalue weighted by molar-refractivity contribution is 5.84. The standard InChI is InChI=1S/C18H21F2NO/c19-15(20)7-6-12-13-9-18(16(21)22)10-17(13,8-14(12)18)11-4-2-1-3-5-11/h1-5,12-15H,6-10H2,(H2,21,22). The molecule has 0 aliphatic heterocycles. The maximum Gasteiger partial charge on any atom is 0.238 e. The smallest absolute Gasteiger partial charge is 0.238 e. The van der Waals surface area contributed by atoms with Gasteiger partial charge in [0.1, 0.15) is 0 Å². The van der Waals surface area contributed by atoms with E-state index in [0.717, 1.165) is 19.3 Å². The van der Waals surface area contributed by atoms with Gasteiger partial charge in [-0.3, -0.25) is 4.79 Å². The molecule has 0 radical (unpaired) electrons. The number of alkyl halides is 2. The average Bonchev–Trinajstić information content (AvgIpc) is 3.17. The first-order valence-electron chi connectivity index (χ1n) is 8.13. The van der Waals surface area contributed by atoms with Crippen LogP contribution in [0.25, 0.3) is 0 Å². The van der Waals surface area contributed by atoms with E-state index >= 15 is 0 Å². The Kier molecular flexibility index (Phi) is 2.91. The first-order chi connectivity index (χ1) is 10.5. The SMILES string of the molecule is NC(=O)C12CC3C(CCC(F)F)C1CC3(c1ccccc1)C2. The third-order valence-electron chi connectivity index (χ3n) is 6.81. The molecular weight excluding hydrogens is 284 g/mol. The van der Waals surface area contributed by atoms with Gasteiger partial charge in [0.05, 0.1) is 5.41 Å². The summed E-state index contributed by atoms with van der Waals surface area (Å²) in [5.41, 5.74) is 6.58. The summed E-state index contributed by atoms with van der Waals surface area (Å²) in [5, 5.41) is 0. The molecule has 5 rings (SSSR count). The van der Waals surface area contributed by atoms with Crippen LogP contribution < -0.4 is 5.73 Å². The highest BCUT2D eigenvalue weighted by Crippen LogP contribution is 2.78. The number of amides is 1. The molecule has 4 bridgehead atoms. The van der Waals surface area contributed by atoms with E-state index in [9.17, 15) is 13.6 Å². The number of carbonyl (C=O) groups excluding carboxylic acids is 1.